The summed E-state index contributed by atoms with van der Waals surface area (Å²) >= 11 is 1.71. The second kappa shape index (κ2) is 4.04. The molecule has 0 radical (unpaired) electrons. The van der Waals surface area contributed by atoms with E-state index in [0.717, 1.165) is 12.2 Å². The molecule has 0 atom stereocenters. The van der Waals surface area contributed by atoms with Crippen LogP contribution in [-0.4, -0.2) is 14.2 Å². The zero-order valence-electron chi connectivity index (χ0n) is 10.00. The molecule has 0 saturated carbocycles. The summed E-state index contributed by atoms with van der Waals surface area (Å²) in [6.07, 6.45) is 4.12. The van der Waals surface area contributed by atoms with Gasteiger partial charge in [0.15, 0.2) is 0 Å². The Bertz CT molecular complexity index is 616. The van der Waals surface area contributed by atoms with E-state index in [0.29, 0.717) is 5.92 Å². The van der Waals surface area contributed by atoms with E-state index in [1.807, 2.05) is 10.7 Å². The molecule has 0 saturated heterocycles. The van der Waals surface area contributed by atoms with Crippen molar-refractivity contribution in [3.63, 3.8) is 0 Å². The Balaban J connectivity index is 2.05. The molecule has 0 aliphatic carbocycles. The number of rotatable bonds is 3. The normalized spacial score (nSPS) is 11.7. The van der Waals surface area contributed by atoms with Gasteiger partial charge < -0.3 is 4.57 Å². The number of fused-ring (bicyclic) bond motifs is 1. The van der Waals surface area contributed by atoms with Crippen molar-refractivity contribution >= 4 is 17.0 Å². The SMILES string of the molecule is CC(C)Cn1ccn2nc(-c3ccsc3)cc12. The minimum absolute atomic E-state index is 0.644. The van der Waals surface area contributed by atoms with Gasteiger partial charge in [-0.25, -0.2) is 4.52 Å². The van der Waals surface area contributed by atoms with Crippen molar-refractivity contribution in [3.05, 3.63) is 35.3 Å². The van der Waals surface area contributed by atoms with Crippen molar-refractivity contribution in [3.8, 4) is 11.3 Å². The van der Waals surface area contributed by atoms with Crippen molar-refractivity contribution < 1.29 is 0 Å². The smallest absolute Gasteiger partial charge is 0.136 e. The van der Waals surface area contributed by atoms with Gasteiger partial charge in [-0.2, -0.15) is 16.4 Å². The lowest BCUT2D eigenvalue weighted by Crippen LogP contribution is -2.02. The van der Waals surface area contributed by atoms with Crippen LogP contribution in [0.3, 0.4) is 0 Å². The lowest BCUT2D eigenvalue weighted by Gasteiger charge is -2.05. The first kappa shape index (κ1) is 10.6. The van der Waals surface area contributed by atoms with E-state index in [2.05, 4.69) is 52.6 Å². The largest absolute Gasteiger partial charge is 0.331 e. The lowest BCUT2D eigenvalue weighted by molar-refractivity contribution is 0.533. The first-order chi connectivity index (χ1) is 8.24. The maximum atomic E-state index is 4.59. The van der Waals surface area contributed by atoms with E-state index >= 15 is 0 Å². The van der Waals surface area contributed by atoms with E-state index in [9.17, 15) is 0 Å². The molecule has 0 aliphatic heterocycles. The number of aromatic nitrogens is 3. The zero-order valence-corrected chi connectivity index (χ0v) is 10.8. The highest BCUT2D eigenvalue weighted by Crippen LogP contribution is 2.22. The van der Waals surface area contributed by atoms with Crippen molar-refractivity contribution in [2.24, 2.45) is 5.92 Å². The number of hydrogen-bond acceptors (Lipinski definition) is 2. The molecule has 4 heteroatoms. The van der Waals surface area contributed by atoms with Crippen LogP contribution in [0.15, 0.2) is 35.3 Å². The first-order valence-electron chi connectivity index (χ1n) is 5.81. The van der Waals surface area contributed by atoms with Gasteiger partial charge in [-0.05, 0) is 17.4 Å². The van der Waals surface area contributed by atoms with E-state index in [-0.39, 0.29) is 0 Å². The molecule has 0 fully saturated rings. The Labute approximate surface area is 104 Å². The minimum Gasteiger partial charge on any atom is -0.331 e. The third-order valence-electron chi connectivity index (χ3n) is 2.78. The molecule has 3 rings (SSSR count). The van der Waals surface area contributed by atoms with Crippen molar-refractivity contribution in [2.75, 3.05) is 0 Å². The summed E-state index contributed by atoms with van der Waals surface area (Å²) in [4.78, 5) is 0. The molecule has 3 nitrogen and oxygen atoms in total. The second-order valence-corrected chi connectivity index (χ2v) is 5.47. The summed E-state index contributed by atoms with van der Waals surface area (Å²) in [7, 11) is 0. The van der Waals surface area contributed by atoms with Crippen LogP contribution in [0.2, 0.25) is 0 Å². The molecule has 0 spiro atoms. The van der Waals surface area contributed by atoms with Crippen molar-refractivity contribution in [1.29, 1.82) is 0 Å². The summed E-state index contributed by atoms with van der Waals surface area (Å²) in [5.74, 6) is 0.644. The van der Waals surface area contributed by atoms with E-state index in [1.165, 1.54) is 11.2 Å². The molecule has 0 amide bonds. The quantitative estimate of drug-likeness (QED) is 0.692. The summed E-state index contributed by atoms with van der Waals surface area (Å²) < 4.78 is 4.21. The van der Waals surface area contributed by atoms with Crippen LogP contribution in [0.25, 0.3) is 16.9 Å². The van der Waals surface area contributed by atoms with Crippen molar-refractivity contribution in [1.82, 2.24) is 14.2 Å². The Kier molecular flexibility index (Phi) is 2.52. The number of hydrogen-bond donors (Lipinski definition) is 0. The maximum absolute atomic E-state index is 4.59. The highest BCUT2D eigenvalue weighted by atomic mass is 32.1. The molecule has 3 aromatic rings. The predicted octanol–water partition coefficient (Wildman–Crippen LogP) is 3.52. The Morgan fingerprint density at radius 3 is 2.94 bits per heavy atom. The Morgan fingerprint density at radius 1 is 1.35 bits per heavy atom. The van der Waals surface area contributed by atoms with Gasteiger partial charge in [-0.1, -0.05) is 13.8 Å². The maximum Gasteiger partial charge on any atom is 0.136 e. The van der Waals surface area contributed by atoms with E-state index < -0.39 is 0 Å². The fourth-order valence-electron chi connectivity index (χ4n) is 2.03. The summed E-state index contributed by atoms with van der Waals surface area (Å²) in [5.41, 5.74) is 3.43. The van der Waals surface area contributed by atoms with Crippen LogP contribution in [-0.2, 0) is 6.54 Å². The van der Waals surface area contributed by atoms with Gasteiger partial charge in [0, 0.05) is 35.9 Å². The second-order valence-electron chi connectivity index (χ2n) is 4.69. The summed E-state index contributed by atoms with van der Waals surface area (Å²) in [5, 5.41) is 8.80. The van der Waals surface area contributed by atoms with Gasteiger partial charge in [-0.15, -0.1) is 0 Å². The fourth-order valence-corrected chi connectivity index (χ4v) is 2.68. The highest BCUT2D eigenvalue weighted by molar-refractivity contribution is 7.08. The third-order valence-corrected chi connectivity index (χ3v) is 3.46. The van der Waals surface area contributed by atoms with Crippen LogP contribution in [0, 0.1) is 5.92 Å². The zero-order chi connectivity index (χ0) is 11.8. The van der Waals surface area contributed by atoms with E-state index in [4.69, 9.17) is 0 Å². The molecule has 3 aromatic heterocycles. The minimum atomic E-state index is 0.644. The number of thiophene rings is 1. The number of imidazole rings is 1. The topological polar surface area (TPSA) is 22.2 Å². The molecule has 17 heavy (non-hydrogen) atoms. The summed E-state index contributed by atoms with van der Waals surface area (Å²) in [6, 6.07) is 4.27. The van der Waals surface area contributed by atoms with Gasteiger partial charge in [0.2, 0.25) is 0 Å². The van der Waals surface area contributed by atoms with E-state index in [1.54, 1.807) is 11.3 Å². The monoisotopic (exact) mass is 245 g/mol. The molecule has 3 heterocycles. The predicted molar refractivity (Wildman–Crippen MR) is 71.3 cm³/mol. The molecule has 0 aromatic carbocycles. The van der Waals surface area contributed by atoms with Crippen LogP contribution in [0.5, 0.6) is 0 Å². The standard InChI is InChI=1S/C13H15N3S/c1-10(2)8-15-4-5-16-13(15)7-12(14-16)11-3-6-17-9-11/h3-7,9-10H,8H2,1-2H3. The summed E-state index contributed by atoms with van der Waals surface area (Å²) in [6.45, 7) is 5.49. The van der Waals surface area contributed by atoms with Gasteiger partial charge in [0.25, 0.3) is 0 Å². The third kappa shape index (κ3) is 1.89. The Hall–Kier alpha value is -1.55. The van der Waals surface area contributed by atoms with Crippen LogP contribution in [0.4, 0.5) is 0 Å². The molecule has 0 unspecified atom stereocenters. The molecule has 0 aliphatic rings. The van der Waals surface area contributed by atoms with Gasteiger partial charge in [-0.3, -0.25) is 0 Å². The highest BCUT2D eigenvalue weighted by Gasteiger charge is 2.08. The molecule has 88 valence electrons. The average Bonchev–Trinajstić information content (AvgIpc) is 2.93. The fraction of sp³-hybridized carbons (Fsp3) is 0.308. The van der Waals surface area contributed by atoms with Gasteiger partial charge >= 0.3 is 0 Å². The van der Waals surface area contributed by atoms with Crippen LogP contribution in [0.1, 0.15) is 13.8 Å². The first-order valence-corrected chi connectivity index (χ1v) is 6.75. The van der Waals surface area contributed by atoms with Crippen molar-refractivity contribution in [2.45, 2.75) is 20.4 Å². The Morgan fingerprint density at radius 2 is 2.24 bits per heavy atom. The van der Waals surface area contributed by atoms with Crippen LogP contribution >= 0.6 is 11.3 Å². The average molecular weight is 245 g/mol. The van der Waals surface area contributed by atoms with Crippen LogP contribution < -0.4 is 0 Å². The molecule has 0 bridgehead atoms. The molecular formula is C13H15N3S. The number of nitrogens with zero attached hydrogens (tertiary/aromatic N) is 3. The molecule has 0 N–H and O–H groups in total. The lowest BCUT2D eigenvalue weighted by atomic mass is 10.2. The van der Waals surface area contributed by atoms with Gasteiger partial charge in [0.05, 0.1) is 5.69 Å². The van der Waals surface area contributed by atoms with Gasteiger partial charge in [0.1, 0.15) is 5.65 Å². The molecular weight excluding hydrogens is 230 g/mol.